The van der Waals surface area contributed by atoms with E-state index in [2.05, 4.69) is 25.4 Å². The van der Waals surface area contributed by atoms with Gasteiger partial charge in [0.1, 0.15) is 0 Å². The first-order valence-corrected chi connectivity index (χ1v) is 10.2. The molecule has 0 aromatic carbocycles. The monoisotopic (exact) mass is 414 g/mol. The molecule has 0 aromatic heterocycles. The van der Waals surface area contributed by atoms with Crippen LogP contribution in [0.25, 0.3) is 0 Å². The summed E-state index contributed by atoms with van der Waals surface area (Å²) < 4.78 is 15.8. The van der Waals surface area contributed by atoms with Gasteiger partial charge in [0.2, 0.25) is 0 Å². The molecule has 0 unspecified atom stereocenters. The normalized spacial score (nSPS) is 25.2. The Morgan fingerprint density at radius 3 is 1.30 bits per heavy atom. The molecule has 138 valence electrons. The van der Waals surface area contributed by atoms with Gasteiger partial charge in [0.05, 0.1) is 0 Å². The van der Waals surface area contributed by atoms with Crippen LogP contribution in [0.15, 0.2) is 0 Å². The van der Waals surface area contributed by atoms with Crippen LogP contribution in [-0.2, 0) is 0 Å². The highest BCUT2D eigenvalue weighted by Gasteiger charge is 2.08. The first kappa shape index (κ1) is 21.6. The molecule has 0 saturated carbocycles. The summed E-state index contributed by atoms with van der Waals surface area (Å²) in [5.41, 5.74) is 0. The van der Waals surface area contributed by atoms with E-state index in [0.29, 0.717) is 13.1 Å². The second kappa shape index (κ2) is 14.8. The van der Waals surface area contributed by atoms with Crippen LogP contribution in [0.4, 0.5) is 4.48 Å². The predicted octanol–water partition coefficient (Wildman–Crippen LogP) is 3.96. The van der Waals surface area contributed by atoms with Crippen LogP contribution in [0.3, 0.4) is 0 Å². The summed E-state index contributed by atoms with van der Waals surface area (Å²) in [4.78, 5) is 0. The number of hydrogen-bond acceptors (Lipinski definition) is 4. The lowest BCUT2D eigenvalue weighted by atomic mass is 10.4. The molecule has 0 radical (unpaired) electrons. The fourth-order valence-corrected chi connectivity index (χ4v) is 3.40. The molecule has 4 saturated heterocycles. The Labute approximate surface area is 155 Å². The fourth-order valence-electron chi connectivity index (χ4n) is 2.66. The first-order valence-electron chi connectivity index (χ1n) is 9.11. The second-order valence-corrected chi connectivity index (χ2v) is 7.79. The zero-order valence-corrected chi connectivity index (χ0v) is 16.6. The lowest BCUT2D eigenvalue weighted by molar-refractivity contribution is 0.0574. The molecule has 23 heavy (non-hydrogen) atoms. The van der Waals surface area contributed by atoms with Crippen LogP contribution in [0.2, 0.25) is 0 Å². The molecule has 4 heterocycles. The molecule has 0 aromatic rings. The number of rotatable bonds is 0. The predicted molar refractivity (Wildman–Crippen MR) is 100 cm³/mol. The summed E-state index contributed by atoms with van der Waals surface area (Å²) in [7, 11) is 0. The topological polar surface area (TPSA) is 21.8 Å². The highest BCUT2D eigenvalue weighted by molar-refractivity contribution is 9.07. The van der Waals surface area contributed by atoms with E-state index < -0.39 is 0 Å². The molecule has 0 atom stereocenters. The molecule has 4 fully saturated rings. The Bertz CT molecular complexity index is 214. The van der Waals surface area contributed by atoms with Gasteiger partial charge < -0.3 is 5.32 Å². The summed E-state index contributed by atoms with van der Waals surface area (Å²) in [5.74, 6) is 0. The molecule has 0 spiro atoms. The van der Waals surface area contributed by atoms with Crippen LogP contribution in [0.1, 0.15) is 51.4 Å². The van der Waals surface area contributed by atoms with Gasteiger partial charge in [0.15, 0.2) is 0 Å². The van der Waals surface area contributed by atoms with Crippen molar-refractivity contribution < 1.29 is 4.48 Å². The van der Waals surface area contributed by atoms with Crippen LogP contribution in [-0.4, -0.2) is 65.8 Å². The minimum absolute atomic E-state index is 0.653. The Balaban J connectivity index is 0.000000154. The summed E-state index contributed by atoms with van der Waals surface area (Å²) in [6.07, 6.45) is 10.1. The maximum atomic E-state index is 11.8. The molecule has 1 N–H and O–H groups in total. The standard InChI is InChI=1S/C4H8BrN.C4H8ClN.C4H8FN.C4H9N/c3*5-6-3-1-2-4-6;1-2-4-5-3-1/h3*1-4H2;5H,1-4H2. The summed E-state index contributed by atoms with van der Waals surface area (Å²) in [6, 6.07) is 0. The lowest BCUT2D eigenvalue weighted by Crippen LogP contribution is -2.04. The van der Waals surface area contributed by atoms with E-state index >= 15 is 0 Å². The Kier molecular flexibility index (Phi) is 13.9. The average molecular weight is 416 g/mol. The van der Waals surface area contributed by atoms with Crippen molar-refractivity contribution in [1.29, 1.82) is 0 Å². The summed E-state index contributed by atoms with van der Waals surface area (Å²) in [6.45, 7) is 8.45. The van der Waals surface area contributed by atoms with E-state index in [9.17, 15) is 4.48 Å². The molecule has 4 nitrogen and oxygen atoms in total. The molecular formula is C16H33BrClFN4. The minimum atomic E-state index is 0.653. The Morgan fingerprint density at radius 2 is 1.13 bits per heavy atom. The van der Waals surface area contributed by atoms with Gasteiger partial charge >= 0.3 is 0 Å². The van der Waals surface area contributed by atoms with E-state index in [0.717, 1.165) is 31.1 Å². The Morgan fingerprint density at radius 1 is 0.696 bits per heavy atom. The van der Waals surface area contributed by atoms with Crippen molar-refractivity contribution in [2.75, 3.05) is 52.4 Å². The molecular weight excluding hydrogens is 383 g/mol. The van der Waals surface area contributed by atoms with Gasteiger partial charge in [-0.05, 0) is 76.2 Å². The van der Waals surface area contributed by atoms with E-state index in [1.165, 1.54) is 64.7 Å². The Hall–Kier alpha value is 0.540. The van der Waals surface area contributed by atoms with Crippen molar-refractivity contribution in [2.45, 2.75) is 51.4 Å². The van der Waals surface area contributed by atoms with Crippen LogP contribution < -0.4 is 5.32 Å². The molecule has 4 aliphatic rings. The van der Waals surface area contributed by atoms with Gasteiger partial charge in [-0.1, -0.05) is 0 Å². The molecule has 4 rings (SSSR count). The van der Waals surface area contributed by atoms with Crippen molar-refractivity contribution in [3.8, 4) is 0 Å². The number of nitrogens with zero attached hydrogens (tertiary/aromatic N) is 3. The largest absolute Gasteiger partial charge is 0.317 e. The van der Waals surface area contributed by atoms with Gasteiger partial charge in [-0.2, -0.15) is 0 Å². The van der Waals surface area contributed by atoms with Crippen molar-refractivity contribution >= 4 is 27.9 Å². The van der Waals surface area contributed by atoms with Crippen molar-refractivity contribution in [3.63, 3.8) is 0 Å². The zero-order chi connectivity index (χ0) is 16.8. The lowest BCUT2D eigenvalue weighted by Gasteiger charge is -1.97. The van der Waals surface area contributed by atoms with E-state index in [4.69, 9.17) is 11.8 Å². The zero-order valence-electron chi connectivity index (χ0n) is 14.3. The molecule has 4 aliphatic heterocycles. The van der Waals surface area contributed by atoms with Crippen LogP contribution in [0, 0.1) is 0 Å². The number of hydrogen-bond donors (Lipinski definition) is 1. The number of nitrogens with one attached hydrogen (secondary N) is 1. The quantitative estimate of drug-likeness (QED) is 0.604. The maximum absolute atomic E-state index is 11.8. The van der Waals surface area contributed by atoms with E-state index in [1.807, 2.05) is 4.42 Å². The van der Waals surface area contributed by atoms with Gasteiger partial charge in [0.25, 0.3) is 0 Å². The first-order chi connectivity index (χ1) is 11.2. The fraction of sp³-hybridized carbons (Fsp3) is 1.00. The smallest absolute Gasteiger partial charge is 0.0290 e. The van der Waals surface area contributed by atoms with Crippen molar-refractivity contribution in [2.24, 2.45) is 0 Å². The average Bonchev–Trinajstić information content (AvgIpc) is 3.31. The molecule has 0 bridgehead atoms. The van der Waals surface area contributed by atoms with E-state index in [-0.39, 0.29) is 0 Å². The summed E-state index contributed by atoms with van der Waals surface area (Å²) in [5, 5.41) is 4.08. The highest BCUT2D eigenvalue weighted by Crippen LogP contribution is 2.10. The number of halogens is 3. The van der Waals surface area contributed by atoms with Crippen LogP contribution in [0.5, 0.6) is 0 Å². The van der Waals surface area contributed by atoms with Gasteiger partial charge in [-0.25, -0.2) is 8.34 Å². The SMILES string of the molecule is BrN1CCCC1.C1CCNC1.ClN1CCCC1.FN1CCCC1. The molecule has 0 amide bonds. The third kappa shape index (κ3) is 13.5. The van der Waals surface area contributed by atoms with E-state index in [1.54, 1.807) is 0 Å². The van der Waals surface area contributed by atoms with Gasteiger partial charge in [-0.15, -0.1) is 9.60 Å². The van der Waals surface area contributed by atoms with Gasteiger partial charge in [0, 0.05) is 55.4 Å². The molecule has 7 heteroatoms. The van der Waals surface area contributed by atoms with Crippen molar-refractivity contribution in [1.82, 2.24) is 18.8 Å². The third-order valence-electron chi connectivity index (χ3n) is 4.11. The van der Waals surface area contributed by atoms with Gasteiger partial charge in [-0.3, -0.25) is 0 Å². The maximum Gasteiger partial charge on any atom is 0.0290 e. The third-order valence-corrected chi connectivity index (χ3v) is 5.16. The minimum Gasteiger partial charge on any atom is -0.317 e. The van der Waals surface area contributed by atoms with Crippen molar-refractivity contribution in [3.05, 3.63) is 0 Å². The van der Waals surface area contributed by atoms with Crippen LogP contribution >= 0.6 is 27.9 Å². The summed E-state index contributed by atoms with van der Waals surface area (Å²) >= 11 is 8.92. The molecule has 0 aliphatic carbocycles. The second-order valence-electron chi connectivity index (χ2n) is 6.31. The highest BCUT2D eigenvalue weighted by atomic mass is 79.9.